The molecule has 1 unspecified atom stereocenters. The highest BCUT2D eigenvalue weighted by atomic mass is 16.7. The van der Waals surface area contributed by atoms with Gasteiger partial charge in [0.15, 0.2) is 24.2 Å². The van der Waals surface area contributed by atoms with E-state index in [-0.39, 0.29) is 12.8 Å². The molecule has 2 heterocycles. The van der Waals surface area contributed by atoms with Crippen LogP contribution in [0.4, 0.5) is 0 Å². The zero-order valence-electron chi connectivity index (χ0n) is 17.8. The number of ether oxygens (including phenoxy) is 3. The van der Waals surface area contributed by atoms with Crippen molar-refractivity contribution in [3.05, 3.63) is 43.5 Å². The molecule has 1 fully saturated rings. The monoisotopic (exact) mass is 437 g/mol. The minimum atomic E-state index is -1.76. The smallest absolute Gasteiger partial charge is 0.330 e. The van der Waals surface area contributed by atoms with Crippen LogP contribution in [-0.4, -0.2) is 39.4 Å². The van der Waals surface area contributed by atoms with E-state index in [1.165, 1.54) is 6.92 Å². The van der Waals surface area contributed by atoms with Gasteiger partial charge in [0, 0.05) is 30.0 Å². The standard InChI is InChI=1S/C19H27N5O7/c1-4-6-8-13(26)29-15-16(30-14(27)9-7-5-2)19(3,22-23-20)31-17(15)24-11-10-12(25)21-18(24)28/h10-11,15-17H,4-9H2,1-3H3,(H,21,25,28)/t15-,16?,17-,19-/m1/s1. The predicted molar refractivity (Wildman–Crippen MR) is 108 cm³/mol. The first kappa shape index (κ1) is 24.2. The molecule has 0 saturated carbocycles. The van der Waals surface area contributed by atoms with Gasteiger partial charge in [-0.05, 0) is 25.3 Å². The number of carbonyl (C=O) groups excluding carboxylic acids is 2. The van der Waals surface area contributed by atoms with Crippen molar-refractivity contribution >= 4 is 11.9 Å². The topological polar surface area (TPSA) is 165 Å². The van der Waals surface area contributed by atoms with Gasteiger partial charge in [0.25, 0.3) is 5.56 Å². The number of azide groups is 1. The Morgan fingerprint density at radius 3 is 2.39 bits per heavy atom. The molecule has 31 heavy (non-hydrogen) atoms. The molecular weight excluding hydrogens is 410 g/mol. The molecule has 0 spiro atoms. The van der Waals surface area contributed by atoms with Crippen molar-refractivity contribution in [2.45, 2.75) is 83.5 Å². The molecule has 1 aliphatic rings. The van der Waals surface area contributed by atoms with Gasteiger partial charge in [-0.2, -0.15) is 0 Å². The third-order valence-electron chi connectivity index (χ3n) is 4.83. The molecule has 1 N–H and O–H groups in total. The van der Waals surface area contributed by atoms with Crippen LogP contribution in [0, 0.1) is 0 Å². The van der Waals surface area contributed by atoms with Crippen LogP contribution < -0.4 is 11.2 Å². The molecule has 0 bridgehead atoms. The molecule has 1 aromatic rings. The van der Waals surface area contributed by atoms with Crippen LogP contribution in [0.25, 0.3) is 10.4 Å². The lowest BCUT2D eigenvalue weighted by molar-refractivity contribution is -0.170. The minimum Gasteiger partial charge on any atom is -0.455 e. The second-order valence-corrected chi connectivity index (χ2v) is 7.34. The van der Waals surface area contributed by atoms with Crippen molar-refractivity contribution < 1.29 is 23.8 Å². The lowest BCUT2D eigenvalue weighted by Crippen LogP contribution is -2.45. The van der Waals surface area contributed by atoms with Gasteiger partial charge in [-0.1, -0.05) is 31.8 Å². The largest absolute Gasteiger partial charge is 0.455 e. The van der Waals surface area contributed by atoms with E-state index in [1.54, 1.807) is 0 Å². The fraction of sp³-hybridized carbons (Fsp3) is 0.684. The first-order valence-electron chi connectivity index (χ1n) is 10.2. The van der Waals surface area contributed by atoms with Crippen molar-refractivity contribution in [1.82, 2.24) is 9.55 Å². The van der Waals surface area contributed by atoms with Gasteiger partial charge in [0.05, 0.1) is 0 Å². The van der Waals surface area contributed by atoms with E-state index < -0.39 is 47.3 Å². The Kier molecular flexibility index (Phi) is 8.40. The third-order valence-corrected chi connectivity index (χ3v) is 4.83. The van der Waals surface area contributed by atoms with E-state index in [0.717, 1.165) is 29.7 Å². The van der Waals surface area contributed by atoms with Gasteiger partial charge in [0.1, 0.15) is 0 Å². The van der Waals surface area contributed by atoms with Crippen molar-refractivity contribution in [1.29, 1.82) is 0 Å². The van der Waals surface area contributed by atoms with E-state index in [2.05, 4.69) is 15.0 Å². The Hall–Kier alpha value is -3.11. The molecule has 0 aliphatic carbocycles. The second kappa shape index (κ2) is 10.8. The molecule has 12 heteroatoms. The summed E-state index contributed by atoms with van der Waals surface area (Å²) in [4.78, 5) is 53.4. The van der Waals surface area contributed by atoms with Crippen molar-refractivity contribution in [3.63, 3.8) is 0 Å². The Labute approximate surface area is 178 Å². The molecule has 0 aromatic carbocycles. The number of rotatable bonds is 10. The van der Waals surface area contributed by atoms with Crippen LogP contribution in [-0.2, 0) is 23.8 Å². The number of carbonyl (C=O) groups is 2. The highest BCUT2D eigenvalue weighted by Gasteiger charge is 2.57. The van der Waals surface area contributed by atoms with Crippen LogP contribution in [0.5, 0.6) is 0 Å². The number of unbranched alkanes of at least 4 members (excludes halogenated alkanes) is 2. The lowest BCUT2D eigenvalue weighted by atomic mass is 10.1. The molecule has 2 rings (SSSR count). The maximum atomic E-state index is 12.4. The van der Waals surface area contributed by atoms with E-state index >= 15 is 0 Å². The zero-order chi connectivity index (χ0) is 23.0. The van der Waals surface area contributed by atoms with Crippen molar-refractivity contribution in [2.75, 3.05) is 0 Å². The van der Waals surface area contributed by atoms with Gasteiger partial charge in [0.2, 0.25) is 0 Å². The quantitative estimate of drug-likeness (QED) is 0.254. The fourth-order valence-electron chi connectivity index (χ4n) is 3.19. The second-order valence-electron chi connectivity index (χ2n) is 7.34. The fourth-order valence-corrected chi connectivity index (χ4v) is 3.19. The third kappa shape index (κ3) is 5.96. The molecule has 0 radical (unpaired) electrons. The summed E-state index contributed by atoms with van der Waals surface area (Å²) in [6.07, 6.45) is 0.161. The number of nitrogens with zero attached hydrogens (tertiary/aromatic N) is 4. The molecule has 1 saturated heterocycles. The molecule has 1 aliphatic heterocycles. The average Bonchev–Trinajstić information content (AvgIpc) is 2.96. The van der Waals surface area contributed by atoms with Gasteiger partial charge in [-0.3, -0.25) is 23.9 Å². The SMILES string of the molecule is CCCCC(=O)OC1[C@@H](OC(=O)CCCC)[C@H](n2ccc(=O)[nH]c2=O)O[C@@]1(C)N=[N+]=[N-]. The summed E-state index contributed by atoms with van der Waals surface area (Å²) in [6, 6.07) is 1.09. The molecule has 12 nitrogen and oxygen atoms in total. The summed E-state index contributed by atoms with van der Waals surface area (Å²) in [5, 5.41) is 3.62. The van der Waals surface area contributed by atoms with Gasteiger partial charge >= 0.3 is 17.6 Å². The number of aromatic nitrogens is 2. The Bertz CT molecular complexity index is 951. The maximum Gasteiger partial charge on any atom is 0.330 e. The average molecular weight is 437 g/mol. The highest BCUT2D eigenvalue weighted by molar-refractivity contribution is 5.71. The van der Waals surface area contributed by atoms with Crippen LogP contribution in [0.2, 0.25) is 0 Å². The van der Waals surface area contributed by atoms with Crippen LogP contribution in [0.15, 0.2) is 27.0 Å². The van der Waals surface area contributed by atoms with Gasteiger partial charge in [-0.15, -0.1) is 0 Å². The number of nitrogens with one attached hydrogen (secondary N) is 1. The summed E-state index contributed by atoms with van der Waals surface area (Å²) in [5.74, 6) is -1.17. The van der Waals surface area contributed by atoms with Crippen molar-refractivity contribution in [3.8, 4) is 0 Å². The van der Waals surface area contributed by atoms with Crippen LogP contribution in [0.3, 0.4) is 0 Å². The number of H-pyrrole nitrogens is 1. The molecular formula is C19H27N5O7. The van der Waals surface area contributed by atoms with E-state index in [9.17, 15) is 19.2 Å². The van der Waals surface area contributed by atoms with Crippen molar-refractivity contribution in [2.24, 2.45) is 5.11 Å². The summed E-state index contributed by atoms with van der Waals surface area (Å²) in [7, 11) is 0. The van der Waals surface area contributed by atoms with Gasteiger partial charge in [-0.25, -0.2) is 4.79 Å². The maximum absolute atomic E-state index is 12.4. The first-order valence-corrected chi connectivity index (χ1v) is 10.2. The summed E-state index contributed by atoms with van der Waals surface area (Å²) >= 11 is 0. The first-order chi connectivity index (χ1) is 14.8. The molecule has 1 aromatic heterocycles. The number of hydrogen-bond acceptors (Lipinski definition) is 8. The summed E-state index contributed by atoms with van der Waals surface area (Å²) in [6.45, 7) is 5.19. The Morgan fingerprint density at radius 2 is 1.84 bits per heavy atom. The summed E-state index contributed by atoms with van der Waals surface area (Å²) < 4.78 is 17.9. The van der Waals surface area contributed by atoms with E-state index in [1.807, 2.05) is 13.8 Å². The molecule has 0 amide bonds. The summed E-state index contributed by atoms with van der Waals surface area (Å²) in [5.41, 5.74) is 5.82. The lowest BCUT2D eigenvalue weighted by Gasteiger charge is -2.27. The Morgan fingerprint density at radius 1 is 1.23 bits per heavy atom. The van der Waals surface area contributed by atoms with Gasteiger partial charge < -0.3 is 14.2 Å². The molecule has 170 valence electrons. The normalized spacial score (nSPS) is 24.9. The zero-order valence-corrected chi connectivity index (χ0v) is 17.8. The Balaban J connectivity index is 2.47. The van der Waals surface area contributed by atoms with E-state index in [0.29, 0.717) is 12.8 Å². The highest BCUT2D eigenvalue weighted by Crippen LogP contribution is 2.41. The van der Waals surface area contributed by atoms with E-state index in [4.69, 9.17) is 19.7 Å². The number of esters is 2. The number of hydrogen-bond donors (Lipinski definition) is 1. The minimum absolute atomic E-state index is 0.106. The predicted octanol–water partition coefficient (Wildman–Crippen LogP) is 2.30. The number of aromatic amines is 1. The van der Waals surface area contributed by atoms with Crippen LogP contribution in [0.1, 0.15) is 65.5 Å². The van der Waals surface area contributed by atoms with Crippen LogP contribution >= 0.6 is 0 Å². The molecule has 4 atom stereocenters.